The van der Waals surface area contributed by atoms with Gasteiger partial charge >= 0.3 is 0 Å². The molecular weight excluding hydrogens is 362 g/mol. The Kier molecular flexibility index (Phi) is 5.42. The summed E-state index contributed by atoms with van der Waals surface area (Å²) in [6.07, 6.45) is 5.27. The Labute approximate surface area is 171 Å². The van der Waals surface area contributed by atoms with Gasteiger partial charge in [0.15, 0.2) is 0 Å². The van der Waals surface area contributed by atoms with Gasteiger partial charge in [0.05, 0.1) is 17.4 Å². The van der Waals surface area contributed by atoms with Crippen molar-refractivity contribution in [1.29, 1.82) is 0 Å². The minimum Gasteiger partial charge on any atom is -0.367 e. The quantitative estimate of drug-likeness (QED) is 0.740. The number of benzene rings is 1. The minimum atomic E-state index is -0.139. The van der Waals surface area contributed by atoms with Crippen LogP contribution in [-0.2, 0) is 0 Å². The van der Waals surface area contributed by atoms with Crippen LogP contribution < -0.4 is 15.1 Å². The Morgan fingerprint density at radius 1 is 0.966 bits per heavy atom. The molecule has 1 aliphatic rings. The molecule has 1 aliphatic heterocycles. The molecule has 6 nitrogen and oxygen atoms in total. The van der Waals surface area contributed by atoms with E-state index in [1.165, 1.54) is 0 Å². The monoisotopic (exact) mass is 387 g/mol. The maximum atomic E-state index is 12.8. The third-order valence-electron chi connectivity index (χ3n) is 5.46. The second kappa shape index (κ2) is 8.31. The molecule has 3 aromatic rings. The van der Waals surface area contributed by atoms with Gasteiger partial charge in [-0.3, -0.25) is 9.78 Å². The van der Waals surface area contributed by atoms with Crippen molar-refractivity contribution in [1.82, 2.24) is 9.97 Å². The summed E-state index contributed by atoms with van der Waals surface area (Å²) in [5.41, 5.74) is 4.61. The molecule has 4 rings (SSSR count). The number of aromatic nitrogens is 2. The van der Waals surface area contributed by atoms with Crippen molar-refractivity contribution in [2.24, 2.45) is 0 Å². The minimum absolute atomic E-state index is 0.139. The maximum Gasteiger partial charge on any atom is 0.257 e. The first-order valence-electron chi connectivity index (χ1n) is 9.85. The normalized spacial score (nSPS) is 14.0. The number of nitrogens with one attached hydrogen (secondary N) is 1. The van der Waals surface area contributed by atoms with Gasteiger partial charge in [0.25, 0.3) is 5.91 Å². The number of hydrogen-bond donors (Lipinski definition) is 1. The van der Waals surface area contributed by atoms with Crippen LogP contribution in [0.4, 0.5) is 17.2 Å². The van der Waals surface area contributed by atoms with E-state index in [0.29, 0.717) is 5.56 Å². The van der Waals surface area contributed by atoms with Crippen LogP contribution in [0, 0.1) is 13.8 Å². The van der Waals surface area contributed by atoms with Gasteiger partial charge in [-0.15, -0.1) is 0 Å². The van der Waals surface area contributed by atoms with Crippen molar-refractivity contribution in [2.45, 2.75) is 13.8 Å². The highest BCUT2D eigenvalue weighted by molar-refractivity contribution is 6.05. The van der Waals surface area contributed by atoms with Crippen molar-refractivity contribution in [3.8, 4) is 0 Å². The Bertz CT molecular complexity index is 997. The number of rotatable bonds is 4. The molecule has 0 radical (unpaired) electrons. The maximum absolute atomic E-state index is 12.8. The Balaban J connectivity index is 1.44. The van der Waals surface area contributed by atoms with Gasteiger partial charge in [0.1, 0.15) is 5.82 Å². The summed E-state index contributed by atoms with van der Waals surface area (Å²) in [6, 6.07) is 13.8. The lowest BCUT2D eigenvalue weighted by molar-refractivity contribution is 0.102. The lowest BCUT2D eigenvalue weighted by Gasteiger charge is -2.36. The van der Waals surface area contributed by atoms with Gasteiger partial charge in [-0.1, -0.05) is 18.2 Å². The molecular formula is C23H25N5O. The lowest BCUT2D eigenvalue weighted by Crippen LogP contribution is -2.46. The van der Waals surface area contributed by atoms with Crippen LogP contribution in [0.15, 0.2) is 61.1 Å². The zero-order valence-electron chi connectivity index (χ0n) is 16.8. The summed E-state index contributed by atoms with van der Waals surface area (Å²) < 4.78 is 0. The SMILES string of the molecule is Cc1cccc(NC(=O)c2cncc(N3CCN(c4ccccn4)CC3)c2)c1C. The standard InChI is InChI=1S/C23H25N5O/c1-17-6-5-7-21(18(17)2)26-23(29)19-14-20(16-24-15-19)27-10-12-28(13-11-27)22-8-3-4-9-25-22/h3-9,14-16H,10-13H2,1-2H3,(H,26,29). The van der Waals surface area contributed by atoms with Crippen LogP contribution in [0.3, 0.4) is 0 Å². The first-order valence-corrected chi connectivity index (χ1v) is 9.85. The van der Waals surface area contributed by atoms with Crippen molar-refractivity contribution in [3.63, 3.8) is 0 Å². The summed E-state index contributed by atoms with van der Waals surface area (Å²) in [6.45, 7) is 7.55. The van der Waals surface area contributed by atoms with Gasteiger partial charge in [-0.05, 0) is 49.2 Å². The smallest absolute Gasteiger partial charge is 0.257 e. The molecule has 3 heterocycles. The number of aryl methyl sites for hydroxylation is 1. The van der Waals surface area contributed by atoms with Crippen molar-refractivity contribution in [2.75, 3.05) is 41.3 Å². The molecule has 1 aromatic carbocycles. The number of nitrogens with zero attached hydrogens (tertiary/aromatic N) is 4. The molecule has 0 aliphatic carbocycles. The molecule has 29 heavy (non-hydrogen) atoms. The summed E-state index contributed by atoms with van der Waals surface area (Å²) >= 11 is 0. The molecule has 2 aromatic heterocycles. The van der Waals surface area contributed by atoms with Crippen LogP contribution in [-0.4, -0.2) is 42.1 Å². The number of amides is 1. The van der Waals surface area contributed by atoms with Gasteiger partial charge in [-0.25, -0.2) is 4.98 Å². The van der Waals surface area contributed by atoms with E-state index in [2.05, 4.69) is 25.1 Å². The third kappa shape index (κ3) is 4.21. The molecule has 0 atom stereocenters. The molecule has 0 spiro atoms. The van der Waals surface area contributed by atoms with E-state index in [1.807, 2.05) is 68.7 Å². The van der Waals surface area contributed by atoms with Crippen LogP contribution >= 0.6 is 0 Å². The Morgan fingerprint density at radius 2 is 1.76 bits per heavy atom. The van der Waals surface area contributed by atoms with Gasteiger partial charge in [0.2, 0.25) is 0 Å². The van der Waals surface area contributed by atoms with Crippen LogP contribution in [0.25, 0.3) is 0 Å². The molecule has 0 saturated carbocycles. The zero-order chi connectivity index (χ0) is 20.2. The largest absolute Gasteiger partial charge is 0.367 e. The predicted molar refractivity (Wildman–Crippen MR) is 117 cm³/mol. The first kappa shape index (κ1) is 18.9. The van der Waals surface area contributed by atoms with E-state index in [9.17, 15) is 4.79 Å². The molecule has 1 amide bonds. The Morgan fingerprint density at radius 3 is 2.52 bits per heavy atom. The van der Waals surface area contributed by atoms with Crippen molar-refractivity contribution < 1.29 is 4.79 Å². The summed E-state index contributed by atoms with van der Waals surface area (Å²) in [5.74, 6) is 0.868. The number of anilines is 3. The first-order chi connectivity index (χ1) is 14.1. The van der Waals surface area contributed by atoms with Crippen LogP contribution in [0.5, 0.6) is 0 Å². The third-order valence-corrected chi connectivity index (χ3v) is 5.46. The molecule has 6 heteroatoms. The zero-order valence-corrected chi connectivity index (χ0v) is 16.8. The average molecular weight is 387 g/mol. The van der Waals surface area contributed by atoms with Gasteiger partial charge in [-0.2, -0.15) is 0 Å². The molecule has 1 saturated heterocycles. The number of piperazine rings is 1. The number of carbonyl (C=O) groups is 1. The van der Waals surface area contributed by atoms with Gasteiger partial charge in [0, 0.05) is 44.3 Å². The fourth-order valence-corrected chi connectivity index (χ4v) is 3.54. The van der Waals surface area contributed by atoms with E-state index < -0.39 is 0 Å². The lowest BCUT2D eigenvalue weighted by atomic mass is 10.1. The fraction of sp³-hybridized carbons (Fsp3) is 0.261. The summed E-state index contributed by atoms with van der Waals surface area (Å²) in [7, 11) is 0. The molecule has 148 valence electrons. The predicted octanol–water partition coefficient (Wildman–Crippen LogP) is 3.67. The fourth-order valence-electron chi connectivity index (χ4n) is 3.54. The molecule has 0 unspecified atom stereocenters. The van der Waals surface area contributed by atoms with Crippen molar-refractivity contribution >= 4 is 23.1 Å². The second-order valence-electron chi connectivity index (χ2n) is 7.30. The average Bonchev–Trinajstić information content (AvgIpc) is 2.78. The molecule has 0 bridgehead atoms. The highest BCUT2D eigenvalue weighted by Crippen LogP contribution is 2.22. The topological polar surface area (TPSA) is 61.4 Å². The van der Waals surface area contributed by atoms with E-state index >= 15 is 0 Å². The van der Waals surface area contributed by atoms with Crippen LogP contribution in [0.2, 0.25) is 0 Å². The van der Waals surface area contributed by atoms with E-state index in [4.69, 9.17) is 0 Å². The number of carbonyl (C=O) groups excluding carboxylic acids is 1. The van der Waals surface area contributed by atoms with Crippen LogP contribution in [0.1, 0.15) is 21.5 Å². The summed E-state index contributed by atoms with van der Waals surface area (Å²) in [4.78, 5) is 26.1. The number of hydrogen-bond acceptors (Lipinski definition) is 5. The van der Waals surface area contributed by atoms with Gasteiger partial charge < -0.3 is 15.1 Å². The van der Waals surface area contributed by atoms with E-state index in [-0.39, 0.29) is 5.91 Å². The van der Waals surface area contributed by atoms with Crippen molar-refractivity contribution in [3.05, 3.63) is 77.7 Å². The molecule has 1 N–H and O–H groups in total. The molecule has 1 fully saturated rings. The highest BCUT2D eigenvalue weighted by Gasteiger charge is 2.19. The van der Waals surface area contributed by atoms with E-state index in [0.717, 1.165) is 54.5 Å². The highest BCUT2D eigenvalue weighted by atomic mass is 16.1. The number of pyridine rings is 2. The summed E-state index contributed by atoms with van der Waals surface area (Å²) in [5, 5.41) is 3.01. The van der Waals surface area contributed by atoms with E-state index in [1.54, 1.807) is 6.20 Å². The second-order valence-corrected chi connectivity index (χ2v) is 7.30. The Hall–Kier alpha value is -3.41.